The number of rotatable bonds is 3. The summed E-state index contributed by atoms with van der Waals surface area (Å²) in [6.45, 7) is 7.32. The van der Waals surface area contributed by atoms with Crippen molar-refractivity contribution in [2.45, 2.75) is 20.3 Å². The van der Waals surface area contributed by atoms with Gasteiger partial charge in [-0.2, -0.15) is 0 Å². The van der Waals surface area contributed by atoms with Gasteiger partial charge in [-0.15, -0.1) is 0 Å². The summed E-state index contributed by atoms with van der Waals surface area (Å²) in [6.07, 6.45) is 2.75. The quantitative estimate of drug-likeness (QED) is 0.441. The standard InChI is InChI=1S/C28H30N4O/c1-20-12-13-24-23(19-20)26(27(30(24)3)22-10-5-4-9-21(22)2)28(33)32-16-8-15-31(17-18-32)25-11-6-7-14-29-25/h4-7,9-14,19H,8,15-18H2,1-3H3. The Morgan fingerprint density at radius 3 is 2.52 bits per heavy atom. The maximum absolute atomic E-state index is 14.1. The first-order chi connectivity index (χ1) is 16.0. The van der Waals surface area contributed by atoms with Gasteiger partial charge in [-0.3, -0.25) is 4.79 Å². The number of amides is 1. The van der Waals surface area contributed by atoms with Crippen LogP contribution in [0.4, 0.5) is 5.82 Å². The van der Waals surface area contributed by atoms with E-state index in [1.54, 1.807) is 0 Å². The lowest BCUT2D eigenvalue weighted by Crippen LogP contribution is -2.35. The van der Waals surface area contributed by atoms with Crippen LogP contribution in [0.2, 0.25) is 0 Å². The maximum Gasteiger partial charge on any atom is 0.256 e. The van der Waals surface area contributed by atoms with Gasteiger partial charge in [0.1, 0.15) is 5.82 Å². The van der Waals surface area contributed by atoms with Crippen molar-refractivity contribution in [3.05, 3.63) is 83.6 Å². The van der Waals surface area contributed by atoms with Gasteiger partial charge in [-0.05, 0) is 50.1 Å². The second-order valence-electron chi connectivity index (χ2n) is 8.94. The molecular weight excluding hydrogens is 408 g/mol. The molecule has 4 aromatic rings. The summed E-state index contributed by atoms with van der Waals surface area (Å²) in [5.41, 5.74) is 6.36. The molecule has 0 N–H and O–H groups in total. The van der Waals surface area contributed by atoms with Crippen LogP contribution in [-0.2, 0) is 7.05 Å². The van der Waals surface area contributed by atoms with Gasteiger partial charge >= 0.3 is 0 Å². The van der Waals surface area contributed by atoms with Gasteiger partial charge < -0.3 is 14.4 Å². The van der Waals surface area contributed by atoms with Crippen LogP contribution in [0.15, 0.2) is 66.9 Å². The van der Waals surface area contributed by atoms with E-state index >= 15 is 0 Å². The van der Waals surface area contributed by atoms with Gasteiger partial charge in [0, 0.05) is 55.9 Å². The van der Waals surface area contributed by atoms with Crippen molar-refractivity contribution in [1.29, 1.82) is 0 Å². The number of nitrogens with zero attached hydrogens (tertiary/aromatic N) is 4. The van der Waals surface area contributed by atoms with E-state index in [-0.39, 0.29) is 5.91 Å². The Bertz CT molecular complexity index is 1310. The number of benzene rings is 2. The van der Waals surface area contributed by atoms with E-state index in [0.29, 0.717) is 6.54 Å². The molecule has 1 saturated heterocycles. The topological polar surface area (TPSA) is 41.4 Å². The molecule has 3 heterocycles. The number of carbonyl (C=O) groups is 1. The first-order valence-corrected chi connectivity index (χ1v) is 11.6. The van der Waals surface area contributed by atoms with E-state index in [0.717, 1.165) is 65.2 Å². The Labute approximate surface area is 195 Å². The number of hydrogen-bond acceptors (Lipinski definition) is 3. The summed E-state index contributed by atoms with van der Waals surface area (Å²) in [4.78, 5) is 22.9. The molecule has 1 amide bonds. The number of carbonyl (C=O) groups excluding carboxylic acids is 1. The summed E-state index contributed by atoms with van der Waals surface area (Å²) in [6, 6.07) is 20.7. The number of pyridine rings is 1. The van der Waals surface area contributed by atoms with E-state index in [2.05, 4.69) is 71.7 Å². The van der Waals surface area contributed by atoms with Crippen molar-refractivity contribution in [2.75, 3.05) is 31.1 Å². The van der Waals surface area contributed by atoms with E-state index in [1.807, 2.05) is 35.4 Å². The normalized spacial score (nSPS) is 14.5. The number of anilines is 1. The molecule has 1 aliphatic heterocycles. The van der Waals surface area contributed by atoms with Crippen LogP contribution in [0.3, 0.4) is 0 Å². The first kappa shape index (κ1) is 21.3. The van der Waals surface area contributed by atoms with Crippen LogP contribution >= 0.6 is 0 Å². The lowest BCUT2D eigenvalue weighted by atomic mass is 9.99. The zero-order valence-corrected chi connectivity index (χ0v) is 19.6. The Kier molecular flexibility index (Phi) is 5.63. The Balaban J connectivity index is 1.56. The lowest BCUT2D eigenvalue weighted by Gasteiger charge is -2.23. The van der Waals surface area contributed by atoms with Crippen molar-refractivity contribution in [3.8, 4) is 11.3 Å². The van der Waals surface area contributed by atoms with Gasteiger partial charge in [0.25, 0.3) is 5.91 Å². The second kappa shape index (κ2) is 8.74. The van der Waals surface area contributed by atoms with Crippen LogP contribution in [-0.4, -0.2) is 46.5 Å². The van der Waals surface area contributed by atoms with Crippen molar-refractivity contribution < 1.29 is 4.79 Å². The molecule has 0 atom stereocenters. The lowest BCUT2D eigenvalue weighted by molar-refractivity contribution is 0.0769. The molecule has 0 saturated carbocycles. The number of aryl methyl sites for hydroxylation is 3. The zero-order valence-electron chi connectivity index (χ0n) is 19.6. The van der Waals surface area contributed by atoms with Gasteiger partial charge in [-0.25, -0.2) is 4.98 Å². The second-order valence-corrected chi connectivity index (χ2v) is 8.94. The predicted octanol–water partition coefficient (Wildman–Crippen LogP) is 5.21. The average molecular weight is 439 g/mol. The summed E-state index contributed by atoms with van der Waals surface area (Å²) in [5.74, 6) is 1.10. The highest BCUT2D eigenvalue weighted by Gasteiger charge is 2.28. The van der Waals surface area contributed by atoms with E-state index in [1.165, 1.54) is 5.56 Å². The molecule has 0 bridgehead atoms. The third kappa shape index (κ3) is 3.88. The fourth-order valence-corrected chi connectivity index (χ4v) is 4.98. The van der Waals surface area contributed by atoms with Crippen LogP contribution in [0, 0.1) is 13.8 Å². The monoisotopic (exact) mass is 438 g/mol. The summed E-state index contributed by atoms with van der Waals surface area (Å²) in [7, 11) is 2.07. The van der Waals surface area contributed by atoms with Crippen molar-refractivity contribution >= 4 is 22.6 Å². The molecule has 0 unspecified atom stereocenters. The highest BCUT2D eigenvalue weighted by Crippen LogP contribution is 2.36. The minimum atomic E-state index is 0.118. The predicted molar refractivity (Wildman–Crippen MR) is 135 cm³/mol. The molecule has 5 heteroatoms. The zero-order chi connectivity index (χ0) is 22.9. The Hall–Kier alpha value is -3.60. The third-order valence-corrected chi connectivity index (χ3v) is 6.73. The Morgan fingerprint density at radius 1 is 0.909 bits per heavy atom. The molecule has 1 fully saturated rings. The minimum Gasteiger partial charge on any atom is -0.355 e. The smallest absolute Gasteiger partial charge is 0.256 e. The minimum absolute atomic E-state index is 0.118. The number of hydrogen-bond donors (Lipinski definition) is 0. The first-order valence-electron chi connectivity index (χ1n) is 11.6. The summed E-state index contributed by atoms with van der Waals surface area (Å²) < 4.78 is 2.18. The van der Waals surface area contributed by atoms with Crippen LogP contribution in [0.25, 0.3) is 22.2 Å². The van der Waals surface area contributed by atoms with Crippen molar-refractivity contribution in [2.24, 2.45) is 7.05 Å². The molecule has 0 radical (unpaired) electrons. The van der Waals surface area contributed by atoms with E-state index < -0.39 is 0 Å². The average Bonchev–Trinajstić information content (AvgIpc) is 2.97. The highest BCUT2D eigenvalue weighted by atomic mass is 16.2. The SMILES string of the molecule is Cc1ccc2c(c1)c(C(=O)N1CCCN(c3ccccn3)CC1)c(-c1ccccc1C)n2C. The summed E-state index contributed by atoms with van der Waals surface area (Å²) in [5, 5.41) is 1.03. The van der Waals surface area contributed by atoms with Crippen LogP contribution in [0.5, 0.6) is 0 Å². The number of aromatic nitrogens is 2. The molecule has 2 aromatic carbocycles. The third-order valence-electron chi connectivity index (χ3n) is 6.73. The van der Waals surface area contributed by atoms with E-state index in [9.17, 15) is 4.79 Å². The van der Waals surface area contributed by atoms with Gasteiger partial charge in [0.2, 0.25) is 0 Å². The van der Waals surface area contributed by atoms with Gasteiger partial charge in [0.15, 0.2) is 0 Å². The number of fused-ring (bicyclic) bond motifs is 1. The Morgan fingerprint density at radius 2 is 1.73 bits per heavy atom. The molecule has 5 rings (SSSR count). The fourth-order valence-electron chi connectivity index (χ4n) is 4.98. The molecule has 0 spiro atoms. The molecule has 2 aromatic heterocycles. The molecular formula is C28H30N4O. The molecule has 0 aliphatic carbocycles. The van der Waals surface area contributed by atoms with Crippen molar-refractivity contribution in [3.63, 3.8) is 0 Å². The van der Waals surface area contributed by atoms with Gasteiger partial charge in [-0.1, -0.05) is 42.0 Å². The molecule has 33 heavy (non-hydrogen) atoms. The van der Waals surface area contributed by atoms with Crippen LogP contribution in [0.1, 0.15) is 27.9 Å². The molecule has 1 aliphatic rings. The van der Waals surface area contributed by atoms with Crippen molar-refractivity contribution in [1.82, 2.24) is 14.5 Å². The fraction of sp³-hybridized carbons (Fsp3) is 0.286. The van der Waals surface area contributed by atoms with Crippen LogP contribution < -0.4 is 4.90 Å². The highest BCUT2D eigenvalue weighted by molar-refractivity contribution is 6.13. The largest absolute Gasteiger partial charge is 0.355 e. The molecule has 168 valence electrons. The summed E-state index contributed by atoms with van der Waals surface area (Å²) >= 11 is 0. The van der Waals surface area contributed by atoms with E-state index in [4.69, 9.17) is 0 Å². The van der Waals surface area contributed by atoms with Gasteiger partial charge in [0.05, 0.1) is 11.3 Å². The maximum atomic E-state index is 14.1. The molecule has 5 nitrogen and oxygen atoms in total.